The third-order valence-electron chi connectivity index (χ3n) is 4.66. The SMILES string of the molecule is CNC(C)(CCCC/C=C/CCC[C@](C)(N)C(C)=O)C(C)=O. The summed E-state index contributed by atoms with van der Waals surface area (Å²) >= 11 is 0. The molecular weight excluding hydrogens is 276 g/mol. The Bertz CT molecular complexity index is 389. The molecule has 0 spiro atoms. The fourth-order valence-electron chi connectivity index (χ4n) is 2.22. The zero-order valence-corrected chi connectivity index (χ0v) is 15.0. The Kier molecular flexibility index (Phi) is 9.45. The second-order valence-electron chi connectivity index (χ2n) is 6.72. The van der Waals surface area contributed by atoms with Crippen molar-refractivity contribution >= 4 is 11.6 Å². The minimum Gasteiger partial charge on any atom is -0.319 e. The largest absolute Gasteiger partial charge is 0.319 e. The van der Waals surface area contributed by atoms with Gasteiger partial charge in [0.15, 0.2) is 0 Å². The van der Waals surface area contributed by atoms with Crippen molar-refractivity contribution in [3.63, 3.8) is 0 Å². The van der Waals surface area contributed by atoms with E-state index in [2.05, 4.69) is 17.5 Å². The van der Waals surface area contributed by atoms with Crippen molar-refractivity contribution in [2.75, 3.05) is 7.05 Å². The molecule has 0 saturated carbocycles. The molecule has 0 rings (SSSR count). The Morgan fingerprint density at radius 3 is 1.95 bits per heavy atom. The minimum absolute atomic E-state index is 0.0505. The monoisotopic (exact) mass is 310 g/mol. The Morgan fingerprint density at radius 2 is 1.50 bits per heavy atom. The third-order valence-corrected chi connectivity index (χ3v) is 4.66. The molecule has 4 nitrogen and oxygen atoms in total. The van der Waals surface area contributed by atoms with Crippen LogP contribution in [0.3, 0.4) is 0 Å². The molecule has 0 aromatic heterocycles. The second kappa shape index (κ2) is 9.90. The van der Waals surface area contributed by atoms with Crippen LogP contribution in [0.1, 0.15) is 72.6 Å². The van der Waals surface area contributed by atoms with E-state index in [9.17, 15) is 9.59 Å². The van der Waals surface area contributed by atoms with Crippen molar-refractivity contribution in [1.29, 1.82) is 0 Å². The number of nitrogens with one attached hydrogen (secondary N) is 1. The molecule has 0 aliphatic rings. The average Bonchev–Trinajstić information content (AvgIpc) is 2.44. The minimum atomic E-state index is -0.682. The van der Waals surface area contributed by atoms with Gasteiger partial charge in [0, 0.05) is 0 Å². The highest BCUT2D eigenvalue weighted by Crippen LogP contribution is 2.16. The van der Waals surface area contributed by atoms with E-state index in [1.807, 2.05) is 14.0 Å². The number of hydrogen-bond acceptors (Lipinski definition) is 4. The van der Waals surface area contributed by atoms with Crippen molar-refractivity contribution in [3.8, 4) is 0 Å². The first-order chi connectivity index (χ1) is 10.2. The van der Waals surface area contributed by atoms with Gasteiger partial charge < -0.3 is 11.1 Å². The van der Waals surface area contributed by atoms with Gasteiger partial charge in [-0.3, -0.25) is 9.59 Å². The molecule has 3 N–H and O–H groups in total. The molecule has 0 aromatic rings. The number of allylic oxidation sites excluding steroid dienone is 2. The molecule has 0 radical (unpaired) electrons. The summed E-state index contributed by atoms with van der Waals surface area (Å²) in [6, 6.07) is 0. The first-order valence-electron chi connectivity index (χ1n) is 8.30. The molecule has 1 unspecified atom stereocenters. The lowest BCUT2D eigenvalue weighted by atomic mass is 9.90. The zero-order valence-electron chi connectivity index (χ0n) is 15.0. The molecule has 128 valence electrons. The van der Waals surface area contributed by atoms with Crippen molar-refractivity contribution < 1.29 is 9.59 Å². The lowest BCUT2D eigenvalue weighted by molar-refractivity contribution is -0.123. The van der Waals surface area contributed by atoms with Crippen LogP contribution in [0, 0.1) is 0 Å². The number of rotatable bonds is 12. The van der Waals surface area contributed by atoms with Gasteiger partial charge in [-0.25, -0.2) is 0 Å². The average molecular weight is 310 g/mol. The van der Waals surface area contributed by atoms with Crippen LogP contribution in [-0.4, -0.2) is 29.7 Å². The first kappa shape index (κ1) is 21.0. The number of carbonyl (C=O) groups is 2. The van der Waals surface area contributed by atoms with Gasteiger partial charge in [-0.1, -0.05) is 18.6 Å². The zero-order chi connectivity index (χ0) is 17.2. The molecule has 0 aromatic carbocycles. The summed E-state index contributed by atoms with van der Waals surface area (Å²) < 4.78 is 0. The van der Waals surface area contributed by atoms with Crippen LogP contribution in [0.25, 0.3) is 0 Å². The Labute approximate surface area is 135 Å². The normalized spacial score (nSPS) is 17.2. The summed E-state index contributed by atoms with van der Waals surface area (Å²) in [5, 5.41) is 3.11. The molecular formula is C18H34N2O2. The van der Waals surface area contributed by atoms with Gasteiger partial charge in [-0.15, -0.1) is 0 Å². The molecule has 4 heteroatoms. The highest BCUT2D eigenvalue weighted by atomic mass is 16.1. The lowest BCUT2D eigenvalue weighted by Gasteiger charge is -2.25. The van der Waals surface area contributed by atoms with Crippen molar-refractivity contribution in [1.82, 2.24) is 5.32 Å². The van der Waals surface area contributed by atoms with E-state index in [0.29, 0.717) is 0 Å². The first-order valence-corrected chi connectivity index (χ1v) is 8.30. The maximum atomic E-state index is 11.6. The number of carbonyl (C=O) groups excluding carboxylic acids is 2. The smallest absolute Gasteiger partial charge is 0.149 e. The Hall–Kier alpha value is -1.00. The standard InChI is InChI=1S/C18H34N2O2/c1-15(21)17(3,19)13-11-9-7-6-8-10-12-14-18(4,20-5)16(2)22/h6-7,20H,8-14,19H2,1-5H3/b7-6+/t17-,18?/m0/s1. The van der Waals surface area contributed by atoms with Gasteiger partial charge in [-0.2, -0.15) is 0 Å². The lowest BCUT2D eigenvalue weighted by Crippen LogP contribution is -2.46. The van der Waals surface area contributed by atoms with Gasteiger partial charge in [0.2, 0.25) is 0 Å². The van der Waals surface area contributed by atoms with Crippen LogP contribution in [0.15, 0.2) is 12.2 Å². The predicted octanol–water partition coefficient (Wildman–Crippen LogP) is 3.15. The van der Waals surface area contributed by atoms with Crippen molar-refractivity contribution in [2.24, 2.45) is 5.73 Å². The molecule has 2 atom stereocenters. The van der Waals surface area contributed by atoms with Crippen molar-refractivity contribution in [2.45, 2.75) is 83.7 Å². The summed E-state index contributed by atoms with van der Waals surface area (Å²) in [6.07, 6.45) is 11.0. The molecule has 0 aliphatic carbocycles. The maximum absolute atomic E-state index is 11.6. The van der Waals surface area contributed by atoms with Gasteiger partial charge in [0.1, 0.15) is 11.6 Å². The Balaban J connectivity index is 3.77. The van der Waals surface area contributed by atoms with Gasteiger partial charge >= 0.3 is 0 Å². The van der Waals surface area contributed by atoms with Crippen LogP contribution in [0.2, 0.25) is 0 Å². The number of likely N-dealkylation sites (N-methyl/N-ethyl adjacent to an activating group) is 1. The highest BCUT2D eigenvalue weighted by Gasteiger charge is 2.26. The summed E-state index contributed by atoms with van der Waals surface area (Å²) in [7, 11) is 1.84. The van der Waals surface area contributed by atoms with E-state index in [1.165, 1.54) is 0 Å². The molecule has 0 aliphatic heterocycles. The topological polar surface area (TPSA) is 72.2 Å². The van der Waals surface area contributed by atoms with Crippen molar-refractivity contribution in [3.05, 3.63) is 12.2 Å². The molecule has 0 amide bonds. The van der Waals surface area contributed by atoms with E-state index in [-0.39, 0.29) is 17.1 Å². The number of Topliss-reactive ketones (excluding diaryl/α,β-unsaturated/α-hetero) is 2. The van der Waals surface area contributed by atoms with Gasteiger partial charge in [0.25, 0.3) is 0 Å². The third kappa shape index (κ3) is 7.85. The summed E-state index contributed by atoms with van der Waals surface area (Å²) in [5.74, 6) is 0.246. The molecule has 22 heavy (non-hydrogen) atoms. The van der Waals surface area contributed by atoms with E-state index < -0.39 is 5.54 Å². The quantitative estimate of drug-likeness (QED) is 0.429. The maximum Gasteiger partial charge on any atom is 0.149 e. The summed E-state index contributed by atoms with van der Waals surface area (Å²) in [4.78, 5) is 22.8. The second-order valence-corrected chi connectivity index (χ2v) is 6.72. The summed E-state index contributed by atoms with van der Waals surface area (Å²) in [5.41, 5.74) is 4.84. The number of ketones is 2. The van der Waals surface area contributed by atoms with Gasteiger partial charge in [-0.05, 0) is 73.3 Å². The molecule has 0 heterocycles. The van der Waals surface area contributed by atoms with E-state index >= 15 is 0 Å². The predicted molar refractivity (Wildman–Crippen MR) is 92.9 cm³/mol. The Morgan fingerprint density at radius 1 is 0.955 bits per heavy atom. The van der Waals surface area contributed by atoms with Crippen LogP contribution in [0.5, 0.6) is 0 Å². The fourth-order valence-corrected chi connectivity index (χ4v) is 2.22. The molecule has 0 fully saturated rings. The number of hydrogen-bond donors (Lipinski definition) is 2. The van der Waals surface area contributed by atoms with Crippen LogP contribution < -0.4 is 11.1 Å². The highest BCUT2D eigenvalue weighted by molar-refractivity contribution is 5.85. The van der Waals surface area contributed by atoms with E-state index in [0.717, 1.165) is 44.9 Å². The van der Waals surface area contributed by atoms with Crippen LogP contribution >= 0.6 is 0 Å². The fraction of sp³-hybridized carbons (Fsp3) is 0.778. The van der Waals surface area contributed by atoms with Crippen LogP contribution in [-0.2, 0) is 9.59 Å². The molecule has 0 bridgehead atoms. The summed E-state index contributed by atoms with van der Waals surface area (Å²) in [6.45, 7) is 6.95. The van der Waals surface area contributed by atoms with Crippen LogP contribution in [0.4, 0.5) is 0 Å². The van der Waals surface area contributed by atoms with Gasteiger partial charge in [0.05, 0.1) is 11.1 Å². The number of unbranched alkanes of at least 4 members (excludes halogenated alkanes) is 3. The molecule has 0 saturated heterocycles. The van der Waals surface area contributed by atoms with E-state index in [1.54, 1.807) is 20.8 Å². The van der Waals surface area contributed by atoms with E-state index in [4.69, 9.17) is 5.73 Å². The number of nitrogens with two attached hydrogens (primary N) is 1.